The quantitative estimate of drug-likeness (QED) is 0.915. The third-order valence-electron chi connectivity index (χ3n) is 2.46. The molecule has 1 N–H and O–H groups in total. The van der Waals surface area contributed by atoms with Crippen molar-refractivity contribution in [2.45, 2.75) is 19.6 Å². The summed E-state index contributed by atoms with van der Waals surface area (Å²) in [7, 11) is 0. The Morgan fingerprint density at radius 3 is 2.67 bits per heavy atom. The van der Waals surface area contributed by atoms with Crippen LogP contribution in [-0.2, 0) is 6.54 Å². The van der Waals surface area contributed by atoms with Crippen molar-refractivity contribution in [3.8, 4) is 0 Å². The standard InChI is InChI=1S/C13H15BrN2OS/c1-10(17)8-16(11-5-3-2-4-6-11)9-13-15-7-12(14)18-13/h2-7,10,17H,8-9H2,1H3. The molecule has 96 valence electrons. The van der Waals surface area contributed by atoms with E-state index in [0.29, 0.717) is 13.1 Å². The lowest BCUT2D eigenvalue weighted by Gasteiger charge is -2.25. The fourth-order valence-corrected chi connectivity index (χ4v) is 3.06. The number of halogens is 1. The first-order valence-electron chi connectivity index (χ1n) is 5.73. The molecule has 0 amide bonds. The van der Waals surface area contributed by atoms with Gasteiger partial charge >= 0.3 is 0 Å². The highest BCUT2D eigenvalue weighted by molar-refractivity contribution is 9.11. The summed E-state index contributed by atoms with van der Waals surface area (Å²) in [5, 5.41) is 10.6. The van der Waals surface area contributed by atoms with E-state index in [1.807, 2.05) is 36.5 Å². The van der Waals surface area contributed by atoms with Crippen molar-refractivity contribution in [2.24, 2.45) is 0 Å². The molecule has 1 aromatic heterocycles. The zero-order chi connectivity index (χ0) is 13.0. The lowest BCUT2D eigenvalue weighted by Crippen LogP contribution is -2.30. The van der Waals surface area contributed by atoms with E-state index in [4.69, 9.17) is 0 Å². The first kappa shape index (κ1) is 13.5. The molecule has 0 spiro atoms. The second kappa shape index (κ2) is 6.31. The average Bonchev–Trinajstić information content (AvgIpc) is 2.75. The molecule has 0 aliphatic carbocycles. The molecule has 5 heteroatoms. The molecule has 1 aromatic carbocycles. The van der Waals surface area contributed by atoms with Gasteiger partial charge in [-0.05, 0) is 35.0 Å². The summed E-state index contributed by atoms with van der Waals surface area (Å²) in [6, 6.07) is 10.1. The Bertz CT molecular complexity index is 487. The number of benzene rings is 1. The van der Waals surface area contributed by atoms with E-state index in [2.05, 4.69) is 25.8 Å². The van der Waals surface area contributed by atoms with Gasteiger partial charge in [0.2, 0.25) is 0 Å². The molecule has 0 bridgehead atoms. The Hall–Kier alpha value is -0.910. The Balaban J connectivity index is 2.15. The topological polar surface area (TPSA) is 36.4 Å². The van der Waals surface area contributed by atoms with E-state index < -0.39 is 0 Å². The third kappa shape index (κ3) is 3.80. The number of aromatic nitrogens is 1. The van der Waals surface area contributed by atoms with Crippen LogP contribution in [0.5, 0.6) is 0 Å². The van der Waals surface area contributed by atoms with Crippen LogP contribution < -0.4 is 4.90 Å². The molecule has 1 atom stereocenters. The van der Waals surface area contributed by atoms with Crippen molar-refractivity contribution in [1.29, 1.82) is 0 Å². The van der Waals surface area contributed by atoms with Gasteiger partial charge in [-0.25, -0.2) is 4.98 Å². The second-order valence-corrected chi connectivity index (χ2v) is 6.62. The van der Waals surface area contributed by atoms with Gasteiger partial charge in [-0.3, -0.25) is 0 Å². The molecule has 1 unspecified atom stereocenters. The predicted molar refractivity (Wildman–Crippen MR) is 79.0 cm³/mol. The molecule has 18 heavy (non-hydrogen) atoms. The maximum absolute atomic E-state index is 9.60. The van der Waals surface area contributed by atoms with E-state index in [9.17, 15) is 5.11 Å². The van der Waals surface area contributed by atoms with Gasteiger partial charge in [0, 0.05) is 12.2 Å². The molecule has 3 nitrogen and oxygen atoms in total. The van der Waals surface area contributed by atoms with E-state index >= 15 is 0 Å². The van der Waals surface area contributed by atoms with Crippen LogP contribution in [0.3, 0.4) is 0 Å². The number of hydrogen-bond acceptors (Lipinski definition) is 4. The minimum Gasteiger partial charge on any atom is -0.392 e. The first-order valence-corrected chi connectivity index (χ1v) is 7.34. The molecular formula is C13H15BrN2OS. The molecule has 2 rings (SSSR count). The van der Waals surface area contributed by atoms with Crippen molar-refractivity contribution in [3.63, 3.8) is 0 Å². The lowest BCUT2D eigenvalue weighted by molar-refractivity contribution is 0.199. The van der Waals surface area contributed by atoms with Gasteiger partial charge in [0.1, 0.15) is 5.01 Å². The summed E-state index contributed by atoms with van der Waals surface area (Å²) in [4.78, 5) is 6.47. The normalized spacial score (nSPS) is 12.4. The van der Waals surface area contributed by atoms with Crippen LogP contribution in [0.4, 0.5) is 5.69 Å². The van der Waals surface area contributed by atoms with Gasteiger partial charge in [-0.2, -0.15) is 0 Å². The van der Waals surface area contributed by atoms with E-state index in [0.717, 1.165) is 14.5 Å². The Kier molecular flexibility index (Phi) is 4.74. The number of nitrogens with zero attached hydrogens (tertiary/aromatic N) is 2. The monoisotopic (exact) mass is 326 g/mol. The highest BCUT2D eigenvalue weighted by atomic mass is 79.9. The van der Waals surface area contributed by atoms with Gasteiger partial charge < -0.3 is 10.0 Å². The largest absolute Gasteiger partial charge is 0.392 e. The molecule has 0 fully saturated rings. The Labute approximate surface area is 119 Å². The fraction of sp³-hybridized carbons (Fsp3) is 0.308. The van der Waals surface area contributed by atoms with E-state index in [1.165, 1.54) is 0 Å². The molecular weight excluding hydrogens is 312 g/mol. The van der Waals surface area contributed by atoms with Crippen molar-refractivity contribution in [1.82, 2.24) is 4.98 Å². The summed E-state index contributed by atoms with van der Waals surface area (Å²) in [6.45, 7) is 3.11. The minimum atomic E-state index is -0.367. The summed E-state index contributed by atoms with van der Waals surface area (Å²) in [5.41, 5.74) is 1.10. The number of anilines is 1. The van der Waals surface area contributed by atoms with Crippen LogP contribution in [0.2, 0.25) is 0 Å². The summed E-state index contributed by atoms with van der Waals surface area (Å²) < 4.78 is 1.03. The van der Waals surface area contributed by atoms with Crippen LogP contribution in [0.1, 0.15) is 11.9 Å². The van der Waals surface area contributed by atoms with E-state index in [-0.39, 0.29) is 6.10 Å². The predicted octanol–water partition coefficient (Wildman–Crippen LogP) is 3.29. The van der Waals surface area contributed by atoms with Gasteiger partial charge in [0.25, 0.3) is 0 Å². The van der Waals surface area contributed by atoms with E-state index in [1.54, 1.807) is 18.3 Å². The number of aliphatic hydroxyl groups excluding tert-OH is 1. The van der Waals surface area contributed by atoms with Crippen molar-refractivity contribution in [2.75, 3.05) is 11.4 Å². The maximum Gasteiger partial charge on any atom is 0.113 e. The summed E-state index contributed by atoms with van der Waals surface area (Å²) >= 11 is 5.04. The SMILES string of the molecule is CC(O)CN(Cc1ncc(Br)s1)c1ccccc1. The summed E-state index contributed by atoms with van der Waals surface area (Å²) in [6.07, 6.45) is 1.44. The first-order chi connectivity index (χ1) is 8.65. The molecule has 0 radical (unpaired) electrons. The van der Waals surface area contributed by atoms with Crippen LogP contribution >= 0.6 is 27.3 Å². The number of rotatable bonds is 5. The number of hydrogen-bond donors (Lipinski definition) is 1. The van der Waals surface area contributed by atoms with Crippen LogP contribution in [0.25, 0.3) is 0 Å². The van der Waals surface area contributed by atoms with Crippen molar-refractivity contribution < 1.29 is 5.11 Å². The Morgan fingerprint density at radius 2 is 2.11 bits per heavy atom. The highest BCUT2D eigenvalue weighted by Gasteiger charge is 2.11. The number of thiazole rings is 1. The molecule has 1 heterocycles. The molecule has 2 aromatic rings. The maximum atomic E-state index is 9.60. The summed E-state index contributed by atoms with van der Waals surface area (Å²) in [5.74, 6) is 0. The second-order valence-electron chi connectivity index (χ2n) is 4.12. The van der Waals surface area contributed by atoms with Crippen LogP contribution in [0.15, 0.2) is 40.3 Å². The van der Waals surface area contributed by atoms with Crippen LogP contribution in [-0.4, -0.2) is 22.7 Å². The van der Waals surface area contributed by atoms with Gasteiger partial charge in [-0.1, -0.05) is 18.2 Å². The lowest BCUT2D eigenvalue weighted by atomic mass is 10.2. The molecule has 0 aliphatic rings. The zero-order valence-corrected chi connectivity index (χ0v) is 12.5. The fourth-order valence-electron chi connectivity index (χ4n) is 1.74. The molecule has 0 saturated carbocycles. The number of para-hydroxylation sites is 1. The van der Waals surface area contributed by atoms with Gasteiger partial charge in [0.15, 0.2) is 0 Å². The Morgan fingerprint density at radius 1 is 1.39 bits per heavy atom. The molecule has 0 saturated heterocycles. The van der Waals surface area contributed by atoms with Crippen LogP contribution in [0, 0.1) is 0 Å². The van der Waals surface area contributed by atoms with Crippen molar-refractivity contribution in [3.05, 3.63) is 45.3 Å². The molecule has 0 aliphatic heterocycles. The minimum absolute atomic E-state index is 0.367. The zero-order valence-electron chi connectivity index (χ0n) is 10.1. The highest BCUT2D eigenvalue weighted by Crippen LogP contribution is 2.23. The average molecular weight is 327 g/mol. The van der Waals surface area contributed by atoms with Gasteiger partial charge in [-0.15, -0.1) is 11.3 Å². The van der Waals surface area contributed by atoms with Gasteiger partial charge in [0.05, 0.1) is 22.6 Å². The third-order valence-corrected chi connectivity index (χ3v) is 3.92. The smallest absolute Gasteiger partial charge is 0.113 e. The number of aliphatic hydroxyl groups is 1. The van der Waals surface area contributed by atoms with Crippen molar-refractivity contribution >= 4 is 33.0 Å².